The van der Waals surface area contributed by atoms with Crippen LogP contribution in [-0.2, 0) is 4.74 Å². The van der Waals surface area contributed by atoms with Crippen molar-refractivity contribution in [3.63, 3.8) is 0 Å². The van der Waals surface area contributed by atoms with Gasteiger partial charge in [0.25, 0.3) is 0 Å². The van der Waals surface area contributed by atoms with Crippen LogP contribution in [0.25, 0.3) is 0 Å². The molecule has 0 aromatic heterocycles. The Kier molecular flexibility index (Phi) is 4.44. The number of carbonyl (C=O) groups excluding carboxylic acids is 1. The lowest BCUT2D eigenvalue weighted by molar-refractivity contribution is -0.160. The van der Waals surface area contributed by atoms with Gasteiger partial charge in [0.2, 0.25) is 0 Å². The van der Waals surface area contributed by atoms with E-state index in [0.29, 0.717) is 18.4 Å². The van der Waals surface area contributed by atoms with Crippen LogP contribution < -0.4 is 5.32 Å². The highest BCUT2D eigenvalue weighted by molar-refractivity contribution is 5.67. The van der Waals surface area contributed by atoms with Gasteiger partial charge in [-0.05, 0) is 24.7 Å². The van der Waals surface area contributed by atoms with Gasteiger partial charge in [-0.2, -0.15) is 13.2 Å². The van der Waals surface area contributed by atoms with Gasteiger partial charge in [-0.15, -0.1) is 0 Å². The third-order valence-corrected chi connectivity index (χ3v) is 2.71. The fourth-order valence-corrected chi connectivity index (χ4v) is 1.94. The van der Waals surface area contributed by atoms with Crippen LogP contribution in [0.2, 0.25) is 0 Å². The predicted octanol–water partition coefficient (Wildman–Crippen LogP) is 2.71. The van der Waals surface area contributed by atoms with E-state index in [1.807, 2.05) is 0 Å². The van der Waals surface area contributed by atoms with Crippen molar-refractivity contribution in [3.05, 3.63) is 0 Å². The van der Waals surface area contributed by atoms with E-state index in [1.54, 1.807) is 0 Å². The Hall–Kier alpha value is -0.940. The standard InChI is InChI=1S/C10H16F3NO2/c1-7-2-3-8(4-7)5-14-9(15)16-6-10(11,12)13/h7-8H,2-6H2,1H3,(H,14,15). The quantitative estimate of drug-likeness (QED) is 0.822. The lowest BCUT2D eigenvalue weighted by Crippen LogP contribution is -2.32. The molecular weight excluding hydrogens is 223 g/mol. The smallest absolute Gasteiger partial charge is 0.422 e. The number of halogens is 3. The summed E-state index contributed by atoms with van der Waals surface area (Å²) in [5.41, 5.74) is 0. The molecule has 0 aromatic rings. The number of rotatable bonds is 3. The first-order valence-electron chi connectivity index (χ1n) is 5.34. The SMILES string of the molecule is CC1CCC(CNC(=O)OCC(F)(F)F)C1. The van der Waals surface area contributed by atoms with E-state index in [0.717, 1.165) is 19.3 Å². The third-order valence-electron chi connectivity index (χ3n) is 2.71. The second-order valence-electron chi connectivity index (χ2n) is 4.36. The highest BCUT2D eigenvalue weighted by Gasteiger charge is 2.29. The molecule has 1 aliphatic carbocycles. The minimum Gasteiger partial charge on any atom is -0.440 e. The van der Waals surface area contributed by atoms with Crippen LogP contribution in [-0.4, -0.2) is 25.4 Å². The van der Waals surface area contributed by atoms with E-state index in [9.17, 15) is 18.0 Å². The number of ether oxygens (including phenoxy) is 1. The zero-order valence-corrected chi connectivity index (χ0v) is 9.14. The molecule has 0 aromatic carbocycles. The minimum atomic E-state index is -4.46. The molecule has 3 nitrogen and oxygen atoms in total. The summed E-state index contributed by atoms with van der Waals surface area (Å²) in [6, 6.07) is 0. The van der Waals surface area contributed by atoms with E-state index < -0.39 is 18.9 Å². The second-order valence-corrected chi connectivity index (χ2v) is 4.36. The number of alkyl halides is 3. The molecule has 1 rings (SSSR count). The van der Waals surface area contributed by atoms with Crippen molar-refractivity contribution in [3.8, 4) is 0 Å². The van der Waals surface area contributed by atoms with Crippen LogP contribution in [0.1, 0.15) is 26.2 Å². The van der Waals surface area contributed by atoms with Crippen molar-refractivity contribution in [2.24, 2.45) is 11.8 Å². The maximum Gasteiger partial charge on any atom is 0.422 e. The van der Waals surface area contributed by atoms with E-state index >= 15 is 0 Å². The van der Waals surface area contributed by atoms with E-state index in [-0.39, 0.29) is 0 Å². The zero-order chi connectivity index (χ0) is 12.2. The number of amides is 1. The highest BCUT2D eigenvalue weighted by Crippen LogP contribution is 2.29. The summed E-state index contributed by atoms with van der Waals surface area (Å²) in [6.07, 6.45) is -2.31. The Labute approximate surface area is 92.3 Å². The Morgan fingerprint density at radius 3 is 2.62 bits per heavy atom. The summed E-state index contributed by atoms with van der Waals surface area (Å²) in [5.74, 6) is 1.01. The van der Waals surface area contributed by atoms with Crippen molar-refractivity contribution in [2.45, 2.75) is 32.4 Å². The molecule has 1 amide bonds. The van der Waals surface area contributed by atoms with Crippen molar-refractivity contribution in [1.82, 2.24) is 5.32 Å². The molecule has 0 aliphatic heterocycles. The average molecular weight is 239 g/mol. The summed E-state index contributed by atoms with van der Waals surface area (Å²) in [6.45, 7) is 1.00. The largest absolute Gasteiger partial charge is 0.440 e. The Balaban J connectivity index is 2.11. The molecule has 1 saturated carbocycles. The first kappa shape index (κ1) is 13.1. The number of alkyl carbamates (subject to hydrolysis) is 1. The number of nitrogens with one attached hydrogen (secondary N) is 1. The van der Waals surface area contributed by atoms with Crippen molar-refractivity contribution in [2.75, 3.05) is 13.2 Å². The molecule has 1 fully saturated rings. The molecule has 2 unspecified atom stereocenters. The van der Waals surface area contributed by atoms with Gasteiger partial charge in [0, 0.05) is 6.54 Å². The summed E-state index contributed by atoms with van der Waals surface area (Å²) in [5, 5.41) is 2.36. The summed E-state index contributed by atoms with van der Waals surface area (Å²) < 4.78 is 39.1. The summed E-state index contributed by atoms with van der Waals surface area (Å²) in [7, 11) is 0. The predicted molar refractivity (Wildman–Crippen MR) is 51.9 cm³/mol. The lowest BCUT2D eigenvalue weighted by Gasteiger charge is -2.12. The van der Waals surface area contributed by atoms with Gasteiger partial charge in [0.05, 0.1) is 0 Å². The van der Waals surface area contributed by atoms with Gasteiger partial charge in [-0.1, -0.05) is 13.3 Å². The van der Waals surface area contributed by atoms with E-state index in [1.165, 1.54) is 0 Å². The molecule has 1 N–H and O–H groups in total. The zero-order valence-electron chi connectivity index (χ0n) is 9.14. The highest BCUT2D eigenvalue weighted by atomic mass is 19.4. The Morgan fingerprint density at radius 1 is 1.44 bits per heavy atom. The van der Waals surface area contributed by atoms with Crippen LogP contribution in [0.5, 0.6) is 0 Å². The molecular formula is C10H16F3NO2. The second kappa shape index (κ2) is 5.41. The molecule has 0 radical (unpaired) electrons. The van der Waals surface area contributed by atoms with Gasteiger partial charge >= 0.3 is 12.3 Å². The molecule has 0 saturated heterocycles. The van der Waals surface area contributed by atoms with E-state index in [4.69, 9.17) is 0 Å². The molecule has 0 heterocycles. The van der Waals surface area contributed by atoms with Crippen LogP contribution in [0, 0.1) is 11.8 Å². The molecule has 0 bridgehead atoms. The topological polar surface area (TPSA) is 38.3 Å². The molecule has 94 valence electrons. The number of hydrogen-bond donors (Lipinski definition) is 1. The van der Waals surface area contributed by atoms with Crippen molar-refractivity contribution < 1.29 is 22.7 Å². The van der Waals surface area contributed by atoms with Crippen molar-refractivity contribution in [1.29, 1.82) is 0 Å². The summed E-state index contributed by atoms with van der Waals surface area (Å²) >= 11 is 0. The molecule has 6 heteroatoms. The third kappa shape index (κ3) is 5.23. The molecule has 16 heavy (non-hydrogen) atoms. The summed E-state index contributed by atoms with van der Waals surface area (Å²) in [4.78, 5) is 10.9. The van der Waals surface area contributed by atoms with Crippen LogP contribution in [0.15, 0.2) is 0 Å². The Morgan fingerprint density at radius 2 is 2.12 bits per heavy atom. The molecule has 2 atom stereocenters. The normalized spacial score (nSPS) is 25.5. The monoisotopic (exact) mass is 239 g/mol. The first-order valence-corrected chi connectivity index (χ1v) is 5.34. The minimum absolute atomic E-state index is 0.369. The van der Waals surface area contributed by atoms with Gasteiger partial charge in [-0.3, -0.25) is 0 Å². The lowest BCUT2D eigenvalue weighted by atomic mass is 10.1. The van der Waals surface area contributed by atoms with Crippen molar-refractivity contribution >= 4 is 6.09 Å². The number of carbonyl (C=O) groups is 1. The van der Waals surface area contributed by atoms with Gasteiger partial charge in [0.1, 0.15) is 0 Å². The number of hydrogen-bond acceptors (Lipinski definition) is 2. The molecule has 0 spiro atoms. The van der Waals surface area contributed by atoms with Gasteiger partial charge in [-0.25, -0.2) is 4.79 Å². The average Bonchev–Trinajstić information content (AvgIpc) is 2.57. The fraction of sp³-hybridized carbons (Fsp3) is 0.900. The maximum absolute atomic E-state index is 11.7. The van der Waals surface area contributed by atoms with Crippen LogP contribution in [0.3, 0.4) is 0 Å². The van der Waals surface area contributed by atoms with Gasteiger partial charge in [0.15, 0.2) is 6.61 Å². The fourth-order valence-electron chi connectivity index (χ4n) is 1.94. The Bertz CT molecular complexity index is 243. The maximum atomic E-state index is 11.7. The van der Waals surface area contributed by atoms with Crippen LogP contribution >= 0.6 is 0 Å². The molecule has 1 aliphatic rings. The van der Waals surface area contributed by atoms with Gasteiger partial charge < -0.3 is 10.1 Å². The van der Waals surface area contributed by atoms with E-state index in [2.05, 4.69) is 17.0 Å². The van der Waals surface area contributed by atoms with Crippen LogP contribution in [0.4, 0.5) is 18.0 Å². The first-order chi connectivity index (χ1) is 7.37.